The first-order valence-corrected chi connectivity index (χ1v) is 6.68. The average molecular weight is 312 g/mol. The Hall–Kier alpha value is -3.29. The maximum absolute atomic E-state index is 13.7. The van der Waals surface area contributed by atoms with Crippen LogP contribution in [0.5, 0.6) is 5.75 Å². The van der Waals surface area contributed by atoms with Crippen LogP contribution in [-0.2, 0) is 0 Å². The van der Waals surface area contributed by atoms with E-state index in [1.807, 2.05) is 0 Å². The number of H-pyrrole nitrogens is 1. The second-order valence-electron chi connectivity index (χ2n) is 4.59. The number of rotatable bonds is 4. The van der Waals surface area contributed by atoms with Crippen molar-refractivity contribution in [3.05, 3.63) is 48.5 Å². The van der Waals surface area contributed by atoms with E-state index in [0.29, 0.717) is 17.1 Å². The third-order valence-corrected chi connectivity index (χ3v) is 3.14. The van der Waals surface area contributed by atoms with E-state index >= 15 is 0 Å². The predicted molar refractivity (Wildman–Crippen MR) is 83.4 cm³/mol. The molecule has 0 spiro atoms. The van der Waals surface area contributed by atoms with Gasteiger partial charge in [0.1, 0.15) is 0 Å². The first kappa shape index (κ1) is 14.6. The van der Waals surface area contributed by atoms with Crippen molar-refractivity contribution in [2.45, 2.75) is 0 Å². The molecule has 0 amide bonds. The van der Waals surface area contributed by atoms with Gasteiger partial charge in [-0.1, -0.05) is 0 Å². The van der Waals surface area contributed by atoms with E-state index in [-0.39, 0.29) is 11.6 Å². The fraction of sp³-hybridized carbons (Fsp3) is 0.0667. The number of halogens is 1. The SMILES string of the molecule is COc1ccc(N=Nc2c(N)n[nH]c2-c2ccncc2)cc1F. The molecule has 0 saturated carbocycles. The minimum absolute atomic E-state index is 0.143. The molecule has 7 nitrogen and oxygen atoms in total. The molecule has 23 heavy (non-hydrogen) atoms. The highest BCUT2D eigenvalue weighted by Crippen LogP contribution is 2.34. The Balaban J connectivity index is 1.94. The molecule has 0 aliphatic heterocycles. The average Bonchev–Trinajstić information content (AvgIpc) is 2.94. The van der Waals surface area contributed by atoms with Crippen LogP contribution in [0.1, 0.15) is 0 Å². The second-order valence-corrected chi connectivity index (χ2v) is 4.59. The van der Waals surface area contributed by atoms with Crippen molar-refractivity contribution in [3.8, 4) is 17.0 Å². The van der Waals surface area contributed by atoms with Crippen LogP contribution < -0.4 is 10.5 Å². The summed E-state index contributed by atoms with van der Waals surface area (Å²) in [6, 6.07) is 7.88. The van der Waals surface area contributed by atoms with Gasteiger partial charge in [-0.3, -0.25) is 10.1 Å². The van der Waals surface area contributed by atoms with Gasteiger partial charge in [-0.2, -0.15) is 10.2 Å². The van der Waals surface area contributed by atoms with Crippen molar-refractivity contribution < 1.29 is 9.13 Å². The lowest BCUT2D eigenvalue weighted by atomic mass is 10.2. The Morgan fingerprint density at radius 3 is 2.65 bits per heavy atom. The first-order valence-electron chi connectivity index (χ1n) is 6.68. The zero-order valence-corrected chi connectivity index (χ0v) is 12.2. The molecule has 8 heteroatoms. The van der Waals surface area contributed by atoms with E-state index in [0.717, 1.165) is 5.56 Å². The molecule has 3 rings (SSSR count). The van der Waals surface area contributed by atoms with E-state index < -0.39 is 5.82 Å². The molecular formula is C15H13FN6O. The summed E-state index contributed by atoms with van der Waals surface area (Å²) in [5, 5.41) is 14.8. The molecule has 2 aromatic heterocycles. The summed E-state index contributed by atoms with van der Waals surface area (Å²) in [5.74, 6) is -0.169. The summed E-state index contributed by atoms with van der Waals surface area (Å²) in [6.07, 6.45) is 3.29. The topological polar surface area (TPSA) is 102 Å². The Bertz CT molecular complexity index is 846. The van der Waals surface area contributed by atoms with Crippen LogP contribution in [-0.4, -0.2) is 22.3 Å². The molecular weight excluding hydrogens is 299 g/mol. The summed E-state index contributed by atoms with van der Waals surface area (Å²) in [6.45, 7) is 0. The largest absolute Gasteiger partial charge is 0.494 e. The number of methoxy groups -OCH3 is 1. The third kappa shape index (κ3) is 3.00. The van der Waals surface area contributed by atoms with Crippen molar-refractivity contribution in [2.75, 3.05) is 12.8 Å². The second kappa shape index (κ2) is 6.22. The van der Waals surface area contributed by atoms with Gasteiger partial charge in [-0.05, 0) is 24.3 Å². The summed E-state index contributed by atoms with van der Waals surface area (Å²) in [4.78, 5) is 3.95. The standard InChI is InChI=1S/C15H13FN6O/c1-23-12-3-2-10(8-11(12)16)19-21-14-13(20-22-15(14)17)9-4-6-18-7-5-9/h2-8H,1H3,(H3,17,20,22). The van der Waals surface area contributed by atoms with Crippen LogP contribution in [0.25, 0.3) is 11.3 Å². The molecule has 0 unspecified atom stereocenters. The van der Waals surface area contributed by atoms with E-state index in [9.17, 15) is 4.39 Å². The molecule has 3 aromatic rings. The number of pyridine rings is 1. The van der Waals surface area contributed by atoms with Gasteiger partial charge in [0.25, 0.3) is 0 Å². The summed E-state index contributed by atoms with van der Waals surface area (Å²) < 4.78 is 18.5. The van der Waals surface area contributed by atoms with Gasteiger partial charge in [0.2, 0.25) is 0 Å². The fourth-order valence-electron chi connectivity index (χ4n) is 2.00. The minimum Gasteiger partial charge on any atom is -0.494 e. The number of nitrogen functional groups attached to an aromatic ring is 1. The van der Waals surface area contributed by atoms with Crippen LogP contribution in [0, 0.1) is 5.82 Å². The highest BCUT2D eigenvalue weighted by Gasteiger charge is 2.12. The van der Waals surface area contributed by atoms with Crippen LogP contribution in [0.2, 0.25) is 0 Å². The number of anilines is 1. The monoisotopic (exact) mass is 312 g/mol. The number of aromatic amines is 1. The van der Waals surface area contributed by atoms with Crippen molar-refractivity contribution in [1.29, 1.82) is 0 Å². The lowest BCUT2D eigenvalue weighted by Crippen LogP contribution is -1.86. The van der Waals surface area contributed by atoms with Crippen molar-refractivity contribution in [2.24, 2.45) is 10.2 Å². The quantitative estimate of drug-likeness (QED) is 0.718. The van der Waals surface area contributed by atoms with Crippen molar-refractivity contribution in [3.63, 3.8) is 0 Å². The first-order chi connectivity index (χ1) is 11.2. The zero-order chi connectivity index (χ0) is 16.2. The maximum atomic E-state index is 13.7. The number of hydrogen-bond donors (Lipinski definition) is 2. The number of ether oxygens (including phenoxy) is 1. The van der Waals surface area contributed by atoms with Gasteiger partial charge in [0.05, 0.1) is 18.5 Å². The van der Waals surface area contributed by atoms with Gasteiger partial charge >= 0.3 is 0 Å². The molecule has 0 saturated heterocycles. The number of nitrogens with zero attached hydrogens (tertiary/aromatic N) is 4. The lowest BCUT2D eigenvalue weighted by molar-refractivity contribution is 0.386. The highest BCUT2D eigenvalue weighted by atomic mass is 19.1. The van der Waals surface area contributed by atoms with E-state index in [1.165, 1.54) is 19.2 Å². The fourth-order valence-corrected chi connectivity index (χ4v) is 2.00. The van der Waals surface area contributed by atoms with Crippen LogP contribution in [0.4, 0.5) is 21.6 Å². The van der Waals surface area contributed by atoms with Crippen LogP contribution in [0.15, 0.2) is 53.0 Å². The number of benzene rings is 1. The summed E-state index contributed by atoms with van der Waals surface area (Å²) in [7, 11) is 1.40. The number of nitrogens with two attached hydrogens (primary N) is 1. The molecule has 3 N–H and O–H groups in total. The third-order valence-electron chi connectivity index (χ3n) is 3.14. The van der Waals surface area contributed by atoms with Crippen molar-refractivity contribution in [1.82, 2.24) is 15.2 Å². The Labute approximate surface area is 131 Å². The lowest BCUT2D eigenvalue weighted by Gasteiger charge is -2.01. The van der Waals surface area contributed by atoms with Gasteiger partial charge in [0, 0.05) is 24.0 Å². The molecule has 0 fully saturated rings. The Morgan fingerprint density at radius 2 is 1.96 bits per heavy atom. The number of nitrogens with one attached hydrogen (secondary N) is 1. The predicted octanol–water partition coefficient (Wildman–Crippen LogP) is 3.62. The molecule has 1 aromatic carbocycles. The molecule has 0 radical (unpaired) electrons. The van der Waals surface area contributed by atoms with Crippen LogP contribution >= 0.6 is 0 Å². The smallest absolute Gasteiger partial charge is 0.173 e. The Morgan fingerprint density at radius 1 is 1.17 bits per heavy atom. The normalized spacial score (nSPS) is 11.0. The number of aromatic nitrogens is 3. The summed E-state index contributed by atoms with van der Waals surface area (Å²) in [5.41, 5.74) is 7.96. The van der Waals surface area contributed by atoms with E-state index in [2.05, 4.69) is 25.4 Å². The van der Waals surface area contributed by atoms with E-state index in [4.69, 9.17) is 10.5 Å². The van der Waals surface area contributed by atoms with Crippen LogP contribution in [0.3, 0.4) is 0 Å². The molecule has 0 atom stereocenters. The number of hydrogen-bond acceptors (Lipinski definition) is 6. The zero-order valence-electron chi connectivity index (χ0n) is 12.2. The molecule has 2 heterocycles. The number of azo groups is 1. The van der Waals surface area contributed by atoms with Gasteiger partial charge in [-0.25, -0.2) is 4.39 Å². The molecule has 0 bridgehead atoms. The minimum atomic E-state index is -0.515. The van der Waals surface area contributed by atoms with Gasteiger partial charge in [0.15, 0.2) is 23.1 Å². The van der Waals surface area contributed by atoms with Gasteiger partial charge < -0.3 is 10.5 Å². The van der Waals surface area contributed by atoms with E-state index in [1.54, 1.807) is 30.6 Å². The highest BCUT2D eigenvalue weighted by molar-refractivity contribution is 5.78. The Kier molecular flexibility index (Phi) is 3.96. The summed E-state index contributed by atoms with van der Waals surface area (Å²) >= 11 is 0. The maximum Gasteiger partial charge on any atom is 0.173 e. The molecule has 0 aliphatic carbocycles. The van der Waals surface area contributed by atoms with Crippen molar-refractivity contribution >= 4 is 17.2 Å². The molecule has 0 aliphatic rings. The van der Waals surface area contributed by atoms with Gasteiger partial charge in [-0.15, -0.1) is 5.11 Å². The molecule has 116 valence electrons.